The minimum atomic E-state index is 0.0900. The van der Waals surface area contributed by atoms with E-state index in [1.165, 1.54) is 9.28 Å². The van der Waals surface area contributed by atoms with Gasteiger partial charge < -0.3 is 0 Å². The van der Waals surface area contributed by atoms with Crippen molar-refractivity contribution in [2.24, 2.45) is 0 Å². The minimum absolute atomic E-state index is 0.0900. The van der Waals surface area contributed by atoms with Gasteiger partial charge in [0.15, 0.2) is 0 Å². The molecule has 0 spiro atoms. The molecule has 0 fully saturated rings. The quantitative estimate of drug-likeness (QED) is 0.542. The SMILES string of the molecule is C[CH2][Ag]([I])[CH2]C. The number of hydrogen-bond donors (Lipinski definition) is 0. The van der Waals surface area contributed by atoms with Crippen molar-refractivity contribution in [3.05, 3.63) is 0 Å². The van der Waals surface area contributed by atoms with E-state index in [-0.39, 0.29) is 14.6 Å². The standard InChI is InChI=1S/2C2H5.Ag.HI/c2*1-2;;/h2*1H2,2H3;;1H/q;;+1;/p-1. The summed E-state index contributed by atoms with van der Waals surface area (Å²) in [6, 6.07) is 0. The molecule has 2 heteroatoms. The summed E-state index contributed by atoms with van der Waals surface area (Å²) in [5, 5.41) is 0. The van der Waals surface area contributed by atoms with Crippen LogP contribution in [0.5, 0.6) is 0 Å². The van der Waals surface area contributed by atoms with Crippen LogP contribution in [0, 0.1) is 0 Å². The Bertz CT molecular complexity index is 26.7. The summed E-state index contributed by atoms with van der Waals surface area (Å²) in [5.74, 6) is 0. The van der Waals surface area contributed by atoms with Crippen LogP contribution in [0.25, 0.3) is 0 Å². The van der Waals surface area contributed by atoms with Crippen LogP contribution in [0.15, 0.2) is 0 Å². The van der Waals surface area contributed by atoms with Crippen molar-refractivity contribution in [3.8, 4) is 0 Å². The Kier molecular flexibility index (Phi) is 5.76. The molecule has 0 aliphatic rings. The fraction of sp³-hybridized carbons (Fsp3) is 1.00. The molecule has 0 radical (unpaired) electrons. The summed E-state index contributed by atoms with van der Waals surface area (Å²) < 4.78 is 2.84. The van der Waals surface area contributed by atoms with Gasteiger partial charge in [0.1, 0.15) is 0 Å². The Morgan fingerprint density at radius 2 is 1.67 bits per heavy atom. The van der Waals surface area contributed by atoms with E-state index < -0.39 is 0 Å². The van der Waals surface area contributed by atoms with Crippen LogP contribution in [-0.4, -0.2) is 0 Å². The van der Waals surface area contributed by atoms with Crippen LogP contribution in [0.4, 0.5) is 0 Å². The van der Waals surface area contributed by atoms with Gasteiger partial charge >= 0.3 is 56.8 Å². The molecule has 0 aromatic carbocycles. The molecule has 0 amide bonds. The maximum absolute atomic E-state index is 2.57. The van der Waals surface area contributed by atoms with Crippen LogP contribution in [-0.2, 0) is 14.6 Å². The van der Waals surface area contributed by atoms with Gasteiger partial charge in [-0.1, -0.05) is 0 Å². The monoisotopic (exact) mass is 292 g/mol. The van der Waals surface area contributed by atoms with E-state index in [0.717, 1.165) is 0 Å². The van der Waals surface area contributed by atoms with Gasteiger partial charge in [-0.15, -0.1) is 0 Å². The van der Waals surface area contributed by atoms with Crippen LogP contribution in [0.1, 0.15) is 13.8 Å². The summed E-state index contributed by atoms with van der Waals surface area (Å²) in [6.45, 7) is 4.54. The Labute approximate surface area is 56.3 Å². The maximum atomic E-state index is 2.57. The zero-order chi connectivity index (χ0) is 4.99. The Balaban J connectivity index is 2.75. The zero-order valence-corrected chi connectivity index (χ0v) is 7.73. The third kappa shape index (κ3) is 3.65. The van der Waals surface area contributed by atoms with E-state index >= 15 is 0 Å². The number of hydrogen-bond acceptors (Lipinski definition) is 0. The van der Waals surface area contributed by atoms with Crippen molar-refractivity contribution >= 4 is 19.0 Å². The molecular weight excluding hydrogens is 283 g/mol. The molecule has 0 bridgehead atoms. The van der Waals surface area contributed by atoms with Crippen LogP contribution >= 0.6 is 19.0 Å². The molecule has 0 rings (SSSR count). The molecule has 0 unspecified atom stereocenters. The molecule has 0 aromatic heterocycles. The molecule has 0 saturated heterocycles. The second kappa shape index (κ2) is 4.62. The third-order valence-corrected chi connectivity index (χ3v) is 8.18. The fourth-order valence-corrected chi connectivity index (χ4v) is 0.892. The molecule has 0 nitrogen and oxygen atoms in total. The van der Waals surface area contributed by atoms with E-state index in [2.05, 4.69) is 32.9 Å². The first kappa shape index (κ1) is 7.47. The van der Waals surface area contributed by atoms with Gasteiger partial charge in [-0.3, -0.25) is 0 Å². The first-order valence-corrected chi connectivity index (χ1v) is 8.46. The Morgan fingerprint density at radius 3 is 1.67 bits per heavy atom. The molecule has 0 aliphatic heterocycles. The first-order chi connectivity index (χ1) is 2.81. The summed E-state index contributed by atoms with van der Waals surface area (Å²) in [5.41, 5.74) is 0. The zero-order valence-electron chi connectivity index (χ0n) is 4.09. The van der Waals surface area contributed by atoms with Crippen molar-refractivity contribution in [2.45, 2.75) is 23.1 Å². The number of halogens is 1. The predicted octanol–water partition coefficient (Wildman–Crippen LogP) is 2.83. The van der Waals surface area contributed by atoms with Crippen LogP contribution in [0.3, 0.4) is 0 Å². The topological polar surface area (TPSA) is 0 Å². The first-order valence-electron chi connectivity index (χ1n) is 1.95. The molecule has 0 aliphatic carbocycles. The molecule has 0 saturated carbocycles. The van der Waals surface area contributed by atoms with Crippen molar-refractivity contribution in [1.82, 2.24) is 0 Å². The third-order valence-electron chi connectivity index (χ3n) is 0.463. The van der Waals surface area contributed by atoms with Gasteiger partial charge in [0.2, 0.25) is 0 Å². The second-order valence-corrected chi connectivity index (χ2v) is 9.81. The van der Waals surface area contributed by atoms with Gasteiger partial charge in [-0.25, -0.2) is 0 Å². The predicted molar refractivity (Wildman–Crippen MR) is 35.0 cm³/mol. The van der Waals surface area contributed by atoms with Crippen molar-refractivity contribution < 1.29 is 14.6 Å². The van der Waals surface area contributed by atoms with E-state index in [1.54, 1.807) is 0 Å². The van der Waals surface area contributed by atoms with Crippen molar-refractivity contribution in [2.75, 3.05) is 0 Å². The normalized spacial score (nSPS) is 11.5. The average Bonchev–Trinajstić information content (AvgIpc) is 1.65. The molecule has 44 valence electrons. The van der Waals surface area contributed by atoms with Gasteiger partial charge in [-0.2, -0.15) is 0 Å². The second-order valence-electron chi connectivity index (χ2n) is 0.738. The van der Waals surface area contributed by atoms with Gasteiger partial charge in [0, 0.05) is 0 Å². The van der Waals surface area contributed by atoms with E-state index in [0.29, 0.717) is 0 Å². The summed E-state index contributed by atoms with van der Waals surface area (Å²) in [7, 11) is 0. The van der Waals surface area contributed by atoms with Gasteiger partial charge in [0.25, 0.3) is 0 Å². The summed E-state index contributed by atoms with van der Waals surface area (Å²) >= 11 is 2.66. The van der Waals surface area contributed by atoms with E-state index in [4.69, 9.17) is 0 Å². The Hall–Kier alpha value is 1.47. The molecule has 0 aromatic rings. The van der Waals surface area contributed by atoms with E-state index in [9.17, 15) is 0 Å². The molecule has 6 heavy (non-hydrogen) atoms. The van der Waals surface area contributed by atoms with Gasteiger partial charge in [0.05, 0.1) is 0 Å². The van der Waals surface area contributed by atoms with Gasteiger partial charge in [-0.05, 0) is 0 Å². The molecular formula is C4H10AgI. The van der Waals surface area contributed by atoms with E-state index in [1.807, 2.05) is 0 Å². The van der Waals surface area contributed by atoms with Crippen LogP contribution < -0.4 is 0 Å². The van der Waals surface area contributed by atoms with Crippen molar-refractivity contribution in [3.63, 3.8) is 0 Å². The molecule has 0 N–H and O–H groups in total. The summed E-state index contributed by atoms with van der Waals surface area (Å²) in [6.07, 6.45) is 0. The van der Waals surface area contributed by atoms with Crippen molar-refractivity contribution in [1.29, 1.82) is 0 Å². The summed E-state index contributed by atoms with van der Waals surface area (Å²) in [4.78, 5) is 0. The molecule has 0 atom stereocenters. The fourth-order valence-electron chi connectivity index (χ4n) is 0.151. The molecule has 0 heterocycles. The number of rotatable bonds is 2. The Morgan fingerprint density at radius 1 is 1.33 bits per heavy atom. The van der Waals surface area contributed by atoms with Crippen LogP contribution in [0.2, 0.25) is 9.28 Å². The average molecular weight is 293 g/mol.